The van der Waals surface area contributed by atoms with Crippen LogP contribution in [0.15, 0.2) is 10.7 Å². The number of carbonyl (C=O) groups excluding carboxylic acids is 1. The van der Waals surface area contributed by atoms with Crippen LogP contribution in [-0.2, 0) is 9.53 Å². The number of ether oxygens (including phenoxy) is 1. The molecule has 1 unspecified atom stereocenters. The lowest BCUT2D eigenvalue weighted by molar-refractivity contribution is -0.148. The number of aromatic nitrogens is 2. The quantitative estimate of drug-likeness (QED) is 0.452. The second-order valence-corrected chi connectivity index (χ2v) is 6.90. The lowest BCUT2D eigenvalue weighted by Crippen LogP contribution is -2.53. The number of carbonyl (C=O) groups is 1. The average molecular weight is 303 g/mol. The van der Waals surface area contributed by atoms with Crippen molar-refractivity contribution in [3.63, 3.8) is 0 Å². The van der Waals surface area contributed by atoms with Gasteiger partial charge in [-0.2, -0.15) is 4.37 Å². The number of methoxy groups -OCH3 is 1. The molecule has 19 heavy (non-hydrogen) atoms. The minimum absolute atomic E-state index is 0.206. The first-order chi connectivity index (χ1) is 8.98. The summed E-state index contributed by atoms with van der Waals surface area (Å²) in [6, 6.07) is 0.236. The molecule has 0 aliphatic rings. The van der Waals surface area contributed by atoms with Crippen molar-refractivity contribution in [3.8, 4) is 0 Å². The van der Waals surface area contributed by atoms with Gasteiger partial charge in [0.25, 0.3) is 0 Å². The maximum absolute atomic E-state index is 11.9. The van der Waals surface area contributed by atoms with Gasteiger partial charge in [-0.15, -0.1) is 0 Å². The second kappa shape index (κ2) is 7.81. The molecule has 7 heteroatoms. The Morgan fingerprint density at radius 3 is 2.89 bits per heavy atom. The fourth-order valence-electron chi connectivity index (χ4n) is 1.91. The summed E-state index contributed by atoms with van der Waals surface area (Å²) >= 11 is 3.07. The van der Waals surface area contributed by atoms with Crippen molar-refractivity contribution in [3.05, 3.63) is 6.33 Å². The van der Waals surface area contributed by atoms with E-state index in [9.17, 15) is 4.79 Å². The topological polar surface area (TPSA) is 64.1 Å². The summed E-state index contributed by atoms with van der Waals surface area (Å²) in [6.45, 7) is 5.95. The average Bonchev–Trinajstić information content (AvgIpc) is 2.85. The van der Waals surface area contributed by atoms with Crippen molar-refractivity contribution < 1.29 is 9.53 Å². The third-order valence-corrected chi connectivity index (χ3v) is 4.51. The van der Waals surface area contributed by atoms with Crippen LogP contribution >= 0.6 is 23.3 Å². The molecule has 0 saturated carbocycles. The highest BCUT2D eigenvalue weighted by Gasteiger charge is 2.34. The summed E-state index contributed by atoms with van der Waals surface area (Å²) in [5.41, 5.74) is -0.620. The van der Waals surface area contributed by atoms with E-state index in [2.05, 4.69) is 14.7 Å². The van der Waals surface area contributed by atoms with E-state index in [1.54, 1.807) is 18.1 Å². The lowest BCUT2D eigenvalue weighted by atomic mass is 9.95. The van der Waals surface area contributed by atoms with Gasteiger partial charge in [-0.25, -0.2) is 4.98 Å². The zero-order chi connectivity index (χ0) is 14.3. The number of hydrogen-bond acceptors (Lipinski definition) is 7. The van der Waals surface area contributed by atoms with Gasteiger partial charge in [0.05, 0.1) is 7.11 Å². The van der Waals surface area contributed by atoms with Gasteiger partial charge >= 0.3 is 5.97 Å². The number of thioether (sulfide) groups is 1. The second-order valence-electron chi connectivity index (χ2n) is 4.78. The molecular weight excluding hydrogens is 282 g/mol. The molecule has 1 N–H and O–H groups in total. The minimum atomic E-state index is -0.620. The van der Waals surface area contributed by atoms with E-state index in [1.807, 2.05) is 20.8 Å². The largest absolute Gasteiger partial charge is 0.468 e. The maximum atomic E-state index is 11.9. The number of esters is 1. The minimum Gasteiger partial charge on any atom is -0.468 e. The zero-order valence-electron chi connectivity index (χ0n) is 11.8. The highest BCUT2D eigenvalue weighted by atomic mass is 32.2. The van der Waals surface area contributed by atoms with Crippen LogP contribution in [-0.4, -0.2) is 39.8 Å². The predicted molar refractivity (Wildman–Crippen MR) is 78.6 cm³/mol. The summed E-state index contributed by atoms with van der Waals surface area (Å²) < 4.78 is 9.81. The van der Waals surface area contributed by atoms with Crippen molar-refractivity contribution in [1.82, 2.24) is 14.7 Å². The molecule has 0 aliphatic heterocycles. The van der Waals surface area contributed by atoms with Crippen LogP contribution in [0.25, 0.3) is 0 Å². The first-order valence-corrected chi connectivity index (χ1v) is 7.99. The number of hydrogen-bond donors (Lipinski definition) is 1. The third-order valence-electron chi connectivity index (χ3n) is 2.63. The van der Waals surface area contributed by atoms with Gasteiger partial charge in [0.2, 0.25) is 0 Å². The SMILES string of the molecule is COC(=O)C(C)(CCCSc1ncns1)NC(C)C. The highest BCUT2D eigenvalue weighted by molar-refractivity contribution is 8.00. The first-order valence-electron chi connectivity index (χ1n) is 6.23. The fourth-order valence-corrected chi connectivity index (χ4v) is 3.36. The van der Waals surface area contributed by atoms with E-state index >= 15 is 0 Å². The van der Waals surface area contributed by atoms with Crippen LogP contribution in [0.2, 0.25) is 0 Å². The van der Waals surface area contributed by atoms with E-state index in [0.29, 0.717) is 0 Å². The van der Waals surface area contributed by atoms with Crippen LogP contribution < -0.4 is 5.32 Å². The molecular formula is C12H21N3O2S2. The Kier molecular flexibility index (Phi) is 6.74. The van der Waals surface area contributed by atoms with Crippen LogP contribution in [0.3, 0.4) is 0 Å². The molecule has 1 aromatic rings. The summed E-state index contributed by atoms with van der Waals surface area (Å²) in [4.78, 5) is 16.0. The molecule has 0 spiro atoms. The Bertz CT molecular complexity index is 384. The molecule has 1 rings (SSSR count). The van der Waals surface area contributed by atoms with Crippen molar-refractivity contribution in [1.29, 1.82) is 0 Å². The van der Waals surface area contributed by atoms with Gasteiger partial charge in [-0.05, 0) is 45.1 Å². The Morgan fingerprint density at radius 1 is 1.63 bits per heavy atom. The molecule has 0 amide bonds. The van der Waals surface area contributed by atoms with Crippen molar-refractivity contribution >= 4 is 29.3 Å². The van der Waals surface area contributed by atoms with E-state index in [1.165, 1.54) is 18.6 Å². The Balaban J connectivity index is 2.42. The number of rotatable bonds is 8. The third kappa shape index (κ3) is 5.46. The van der Waals surface area contributed by atoms with Gasteiger partial charge < -0.3 is 4.74 Å². The van der Waals surface area contributed by atoms with Gasteiger partial charge in [0.1, 0.15) is 11.9 Å². The van der Waals surface area contributed by atoms with Crippen molar-refractivity contribution in [2.24, 2.45) is 0 Å². The van der Waals surface area contributed by atoms with E-state index in [4.69, 9.17) is 4.74 Å². The zero-order valence-corrected chi connectivity index (χ0v) is 13.4. The molecule has 1 atom stereocenters. The van der Waals surface area contributed by atoms with Gasteiger partial charge in [-0.1, -0.05) is 11.8 Å². The Morgan fingerprint density at radius 2 is 2.37 bits per heavy atom. The summed E-state index contributed by atoms with van der Waals surface area (Å²) in [5.74, 6) is 0.712. The first kappa shape index (κ1) is 16.4. The summed E-state index contributed by atoms with van der Waals surface area (Å²) in [6.07, 6.45) is 3.21. The molecule has 0 aliphatic carbocycles. The molecule has 5 nitrogen and oxygen atoms in total. The van der Waals surface area contributed by atoms with E-state index in [0.717, 1.165) is 22.9 Å². The molecule has 0 aromatic carbocycles. The van der Waals surface area contributed by atoms with Crippen LogP contribution in [0.4, 0.5) is 0 Å². The molecule has 0 fully saturated rings. The lowest BCUT2D eigenvalue weighted by Gasteiger charge is -2.30. The van der Waals surface area contributed by atoms with Crippen LogP contribution in [0.5, 0.6) is 0 Å². The van der Waals surface area contributed by atoms with Gasteiger partial charge in [0.15, 0.2) is 4.34 Å². The Hall–Kier alpha value is -0.660. The van der Waals surface area contributed by atoms with Crippen LogP contribution in [0, 0.1) is 0 Å². The van der Waals surface area contributed by atoms with Crippen molar-refractivity contribution in [2.75, 3.05) is 12.9 Å². The van der Waals surface area contributed by atoms with Gasteiger partial charge in [0, 0.05) is 11.8 Å². The van der Waals surface area contributed by atoms with Crippen molar-refractivity contribution in [2.45, 2.75) is 49.5 Å². The van der Waals surface area contributed by atoms with Gasteiger partial charge in [-0.3, -0.25) is 10.1 Å². The smallest absolute Gasteiger partial charge is 0.325 e. The summed E-state index contributed by atoms with van der Waals surface area (Å²) in [5, 5.41) is 3.29. The number of nitrogens with zero attached hydrogens (tertiary/aromatic N) is 2. The molecule has 0 saturated heterocycles. The molecule has 0 radical (unpaired) electrons. The standard InChI is InChI=1S/C12H21N3O2S2/c1-9(2)15-12(3,10(16)17-4)6-5-7-18-11-13-8-14-19-11/h8-9,15H,5-7H2,1-4H3. The molecule has 1 heterocycles. The highest BCUT2D eigenvalue weighted by Crippen LogP contribution is 2.22. The summed E-state index contributed by atoms with van der Waals surface area (Å²) in [7, 11) is 1.43. The number of nitrogens with one attached hydrogen (secondary N) is 1. The molecule has 108 valence electrons. The maximum Gasteiger partial charge on any atom is 0.325 e. The Labute approximate surface area is 122 Å². The molecule has 0 bridgehead atoms. The molecule has 1 aromatic heterocycles. The monoisotopic (exact) mass is 303 g/mol. The van der Waals surface area contributed by atoms with E-state index < -0.39 is 5.54 Å². The fraction of sp³-hybridized carbons (Fsp3) is 0.750. The van der Waals surface area contributed by atoms with Crippen LogP contribution in [0.1, 0.15) is 33.6 Å². The normalized spacial score (nSPS) is 14.4. The van der Waals surface area contributed by atoms with E-state index in [-0.39, 0.29) is 12.0 Å². The predicted octanol–water partition coefficient (Wildman–Crippen LogP) is 2.34.